The Balaban J connectivity index is 0.00000261. The number of sulfonamides is 1. The molecular weight excluding hydrogens is 386 g/mol. The predicted octanol–water partition coefficient (Wildman–Crippen LogP) is 2.20. The molecule has 8 heteroatoms. The molecule has 0 spiro atoms. The van der Waals surface area contributed by atoms with Crippen molar-refractivity contribution in [1.82, 2.24) is 10.6 Å². The van der Waals surface area contributed by atoms with Gasteiger partial charge in [0.2, 0.25) is 0 Å². The van der Waals surface area contributed by atoms with Crippen LogP contribution >= 0.6 is 12.4 Å². The standard InChI is InChI=1S/C19H23N3O3S.ClH/c1-14(20-2)13-21-19(23)16-7-5-8-17(12-16)26(24,25)22-11-10-15-6-3-4-9-18(15)22;/h3-9,12,14,20H,10-11,13H2,1-2H3,(H,21,23);1H. The molecule has 1 atom stereocenters. The first-order chi connectivity index (χ1) is 12.4. The lowest BCUT2D eigenvalue weighted by Gasteiger charge is -2.20. The number of rotatable bonds is 6. The number of amides is 1. The van der Waals surface area contributed by atoms with E-state index >= 15 is 0 Å². The Morgan fingerprint density at radius 1 is 1.19 bits per heavy atom. The molecule has 0 bridgehead atoms. The van der Waals surface area contributed by atoms with Crippen molar-refractivity contribution in [2.24, 2.45) is 0 Å². The Bertz CT molecular complexity index is 918. The molecule has 0 radical (unpaired) electrons. The van der Waals surface area contributed by atoms with Crippen LogP contribution in [0, 0.1) is 0 Å². The predicted molar refractivity (Wildman–Crippen MR) is 109 cm³/mol. The fraction of sp³-hybridized carbons (Fsp3) is 0.316. The van der Waals surface area contributed by atoms with Gasteiger partial charge in [-0.15, -0.1) is 12.4 Å². The maximum Gasteiger partial charge on any atom is 0.264 e. The third-order valence-corrected chi connectivity index (χ3v) is 6.40. The van der Waals surface area contributed by atoms with E-state index in [2.05, 4.69) is 10.6 Å². The molecule has 6 nitrogen and oxygen atoms in total. The van der Waals surface area contributed by atoms with Crippen LogP contribution in [0.3, 0.4) is 0 Å². The van der Waals surface area contributed by atoms with Crippen LogP contribution in [0.5, 0.6) is 0 Å². The number of hydrogen-bond acceptors (Lipinski definition) is 4. The van der Waals surface area contributed by atoms with Gasteiger partial charge in [0.05, 0.1) is 10.6 Å². The van der Waals surface area contributed by atoms with Crippen LogP contribution in [0.15, 0.2) is 53.4 Å². The van der Waals surface area contributed by atoms with Gasteiger partial charge in [0.1, 0.15) is 0 Å². The number of nitrogens with zero attached hydrogens (tertiary/aromatic N) is 1. The molecule has 2 aromatic carbocycles. The van der Waals surface area contributed by atoms with Gasteiger partial charge in [-0.1, -0.05) is 24.3 Å². The van der Waals surface area contributed by atoms with Crippen molar-refractivity contribution in [3.05, 3.63) is 59.7 Å². The summed E-state index contributed by atoms with van der Waals surface area (Å²) in [6, 6.07) is 13.8. The summed E-state index contributed by atoms with van der Waals surface area (Å²) < 4.78 is 27.6. The summed E-state index contributed by atoms with van der Waals surface area (Å²) in [4.78, 5) is 12.4. The van der Waals surface area contributed by atoms with Gasteiger partial charge in [-0.3, -0.25) is 9.10 Å². The van der Waals surface area contributed by atoms with E-state index in [9.17, 15) is 13.2 Å². The van der Waals surface area contributed by atoms with Gasteiger partial charge in [0, 0.05) is 24.7 Å². The molecule has 0 saturated heterocycles. The van der Waals surface area contributed by atoms with E-state index in [0.717, 1.165) is 5.56 Å². The quantitative estimate of drug-likeness (QED) is 0.766. The molecule has 0 fully saturated rings. The SMILES string of the molecule is CNC(C)CNC(=O)c1cccc(S(=O)(=O)N2CCc3ccccc32)c1.Cl. The van der Waals surface area contributed by atoms with Crippen molar-refractivity contribution in [2.45, 2.75) is 24.3 Å². The second-order valence-corrected chi connectivity index (χ2v) is 8.25. The second kappa shape index (κ2) is 8.73. The van der Waals surface area contributed by atoms with Crippen LogP contribution in [0.1, 0.15) is 22.8 Å². The van der Waals surface area contributed by atoms with Gasteiger partial charge in [-0.25, -0.2) is 8.42 Å². The van der Waals surface area contributed by atoms with Gasteiger partial charge < -0.3 is 10.6 Å². The van der Waals surface area contributed by atoms with Crippen LogP contribution in [0.2, 0.25) is 0 Å². The van der Waals surface area contributed by atoms with Crippen molar-refractivity contribution >= 4 is 34.0 Å². The molecule has 1 heterocycles. The number of likely N-dealkylation sites (N-methyl/N-ethyl adjacent to an activating group) is 1. The Morgan fingerprint density at radius 2 is 1.93 bits per heavy atom. The third-order valence-electron chi connectivity index (χ3n) is 4.59. The number of para-hydroxylation sites is 1. The first kappa shape index (κ1) is 21.2. The highest BCUT2D eigenvalue weighted by atomic mass is 35.5. The lowest BCUT2D eigenvalue weighted by atomic mass is 10.2. The molecule has 1 unspecified atom stereocenters. The third kappa shape index (κ3) is 4.43. The number of halogens is 1. The highest BCUT2D eigenvalue weighted by Crippen LogP contribution is 2.32. The lowest BCUT2D eigenvalue weighted by molar-refractivity contribution is 0.0950. The number of anilines is 1. The van der Waals surface area contributed by atoms with Crippen LogP contribution < -0.4 is 14.9 Å². The molecule has 2 aromatic rings. The molecule has 146 valence electrons. The fourth-order valence-corrected chi connectivity index (χ4v) is 4.48. The largest absolute Gasteiger partial charge is 0.350 e. The van der Waals surface area contributed by atoms with Crippen molar-refractivity contribution in [1.29, 1.82) is 0 Å². The minimum atomic E-state index is -3.70. The van der Waals surface area contributed by atoms with Crippen LogP contribution in [0.4, 0.5) is 5.69 Å². The first-order valence-electron chi connectivity index (χ1n) is 8.59. The highest BCUT2D eigenvalue weighted by molar-refractivity contribution is 7.92. The van der Waals surface area contributed by atoms with E-state index in [1.54, 1.807) is 12.1 Å². The van der Waals surface area contributed by atoms with Gasteiger partial charge in [0.15, 0.2) is 0 Å². The minimum absolute atomic E-state index is 0. The number of carbonyl (C=O) groups is 1. The summed E-state index contributed by atoms with van der Waals surface area (Å²) in [7, 11) is -1.89. The van der Waals surface area contributed by atoms with E-state index in [4.69, 9.17) is 0 Å². The van der Waals surface area contributed by atoms with Crippen molar-refractivity contribution in [3.63, 3.8) is 0 Å². The minimum Gasteiger partial charge on any atom is -0.350 e. The molecule has 1 amide bonds. The summed E-state index contributed by atoms with van der Waals surface area (Å²) in [5.41, 5.74) is 2.07. The van der Waals surface area contributed by atoms with Gasteiger partial charge in [-0.2, -0.15) is 0 Å². The molecule has 27 heavy (non-hydrogen) atoms. The number of carbonyl (C=O) groups excluding carboxylic acids is 1. The van der Waals surface area contributed by atoms with Crippen LogP contribution in [0.25, 0.3) is 0 Å². The normalized spacial score (nSPS) is 14.2. The van der Waals surface area contributed by atoms with E-state index < -0.39 is 10.0 Å². The summed E-state index contributed by atoms with van der Waals surface area (Å²) in [6.07, 6.45) is 0.692. The number of benzene rings is 2. The highest BCUT2D eigenvalue weighted by Gasteiger charge is 2.30. The molecule has 1 aliphatic heterocycles. The molecule has 1 aliphatic rings. The monoisotopic (exact) mass is 409 g/mol. The Kier molecular flexibility index (Phi) is 6.86. The number of hydrogen-bond donors (Lipinski definition) is 2. The van der Waals surface area contributed by atoms with E-state index in [-0.39, 0.29) is 29.3 Å². The number of nitrogens with one attached hydrogen (secondary N) is 2. The van der Waals surface area contributed by atoms with E-state index in [1.165, 1.54) is 16.4 Å². The number of fused-ring (bicyclic) bond motifs is 1. The first-order valence-corrected chi connectivity index (χ1v) is 10.0. The van der Waals surface area contributed by atoms with Crippen molar-refractivity contribution in [3.8, 4) is 0 Å². The van der Waals surface area contributed by atoms with Crippen molar-refractivity contribution < 1.29 is 13.2 Å². The fourth-order valence-electron chi connectivity index (χ4n) is 2.93. The molecule has 2 N–H and O–H groups in total. The van der Waals surface area contributed by atoms with E-state index in [1.807, 2.05) is 38.2 Å². The lowest BCUT2D eigenvalue weighted by Crippen LogP contribution is -2.37. The van der Waals surface area contributed by atoms with Gasteiger partial charge >= 0.3 is 0 Å². The molecule has 0 aliphatic carbocycles. The van der Waals surface area contributed by atoms with Crippen LogP contribution in [-0.4, -0.2) is 40.5 Å². The average molecular weight is 410 g/mol. The maximum atomic E-state index is 13.1. The van der Waals surface area contributed by atoms with E-state index in [0.29, 0.717) is 30.8 Å². The average Bonchev–Trinajstić information content (AvgIpc) is 3.10. The Labute approximate surface area is 166 Å². The summed E-state index contributed by atoms with van der Waals surface area (Å²) in [5, 5.41) is 5.84. The smallest absolute Gasteiger partial charge is 0.264 e. The van der Waals surface area contributed by atoms with Gasteiger partial charge in [0.25, 0.3) is 15.9 Å². The molecule has 0 saturated carbocycles. The van der Waals surface area contributed by atoms with Gasteiger partial charge in [-0.05, 0) is 50.2 Å². The molecule has 3 rings (SSSR count). The zero-order chi connectivity index (χ0) is 18.7. The zero-order valence-corrected chi connectivity index (χ0v) is 16.9. The zero-order valence-electron chi connectivity index (χ0n) is 15.3. The second-order valence-electron chi connectivity index (χ2n) is 6.38. The maximum absolute atomic E-state index is 13.1. The topological polar surface area (TPSA) is 78.5 Å². The van der Waals surface area contributed by atoms with Crippen LogP contribution in [-0.2, 0) is 16.4 Å². The summed E-state index contributed by atoms with van der Waals surface area (Å²) >= 11 is 0. The summed E-state index contributed by atoms with van der Waals surface area (Å²) in [6.45, 7) is 2.83. The molecule has 0 aromatic heterocycles. The van der Waals surface area contributed by atoms with Crippen molar-refractivity contribution in [2.75, 3.05) is 24.4 Å². The molecular formula is C19H24ClN3O3S. The Hall–Kier alpha value is -2.09. The Morgan fingerprint density at radius 3 is 2.67 bits per heavy atom. The summed E-state index contributed by atoms with van der Waals surface area (Å²) in [5.74, 6) is -0.286.